The second-order valence-corrected chi connectivity index (χ2v) is 8.33. The van der Waals surface area contributed by atoms with E-state index in [0.29, 0.717) is 5.92 Å². The van der Waals surface area contributed by atoms with Gasteiger partial charge < -0.3 is 15.3 Å². The van der Waals surface area contributed by atoms with Crippen molar-refractivity contribution in [2.75, 3.05) is 24.5 Å². The third-order valence-electron chi connectivity index (χ3n) is 5.93. The number of aromatic nitrogens is 1. The van der Waals surface area contributed by atoms with Gasteiger partial charge in [0.15, 0.2) is 0 Å². The molecular formula is C25H31N3O. The Morgan fingerprint density at radius 3 is 2.62 bits per heavy atom. The first kappa shape index (κ1) is 19.9. The molecule has 152 valence electrons. The van der Waals surface area contributed by atoms with Gasteiger partial charge in [-0.1, -0.05) is 49.4 Å². The minimum absolute atomic E-state index is 0.178. The zero-order chi connectivity index (χ0) is 20.2. The fourth-order valence-electron chi connectivity index (χ4n) is 4.12. The van der Waals surface area contributed by atoms with E-state index in [2.05, 4.69) is 78.7 Å². The van der Waals surface area contributed by atoms with Gasteiger partial charge in [0.25, 0.3) is 0 Å². The number of hydrogen-bond donors (Lipinski definition) is 2. The van der Waals surface area contributed by atoms with E-state index >= 15 is 0 Å². The molecule has 1 aliphatic heterocycles. The van der Waals surface area contributed by atoms with Crippen LogP contribution in [-0.4, -0.2) is 35.8 Å². The Morgan fingerprint density at radius 1 is 1.10 bits per heavy atom. The third-order valence-corrected chi connectivity index (χ3v) is 5.93. The number of rotatable bonds is 6. The van der Waals surface area contributed by atoms with E-state index in [-0.39, 0.29) is 6.10 Å². The summed E-state index contributed by atoms with van der Waals surface area (Å²) < 4.78 is 0. The van der Waals surface area contributed by atoms with Crippen molar-refractivity contribution in [2.45, 2.75) is 45.3 Å². The molecule has 1 fully saturated rings. The SMILES string of the molecule is Cc1ccc2cc(CNC[C@H](C)c3ccccc3)c(N3CCC(O)CC3)nc2c1. The molecule has 3 aromatic rings. The van der Waals surface area contributed by atoms with Gasteiger partial charge in [0.05, 0.1) is 11.6 Å². The highest BCUT2D eigenvalue weighted by Crippen LogP contribution is 2.27. The summed E-state index contributed by atoms with van der Waals surface area (Å²) in [5.41, 5.74) is 4.87. The number of aliphatic hydroxyl groups is 1. The van der Waals surface area contributed by atoms with Crippen LogP contribution in [0.2, 0.25) is 0 Å². The first-order chi connectivity index (χ1) is 14.1. The summed E-state index contributed by atoms with van der Waals surface area (Å²) in [6.45, 7) is 7.81. The van der Waals surface area contributed by atoms with E-state index < -0.39 is 0 Å². The van der Waals surface area contributed by atoms with Crippen LogP contribution < -0.4 is 10.2 Å². The fourth-order valence-corrected chi connectivity index (χ4v) is 4.12. The Labute approximate surface area is 173 Å². The molecule has 1 atom stereocenters. The van der Waals surface area contributed by atoms with Crippen molar-refractivity contribution in [1.82, 2.24) is 10.3 Å². The molecule has 0 amide bonds. The predicted molar refractivity (Wildman–Crippen MR) is 120 cm³/mol. The second kappa shape index (κ2) is 8.93. The molecule has 0 bridgehead atoms. The summed E-state index contributed by atoms with van der Waals surface area (Å²) in [6, 6.07) is 19.4. The van der Waals surface area contributed by atoms with Gasteiger partial charge in [-0.15, -0.1) is 0 Å². The van der Waals surface area contributed by atoms with Crippen molar-refractivity contribution in [3.8, 4) is 0 Å². The van der Waals surface area contributed by atoms with E-state index in [1.54, 1.807) is 0 Å². The number of nitrogens with one attached hydrogen (secondary N) is 1. The molecule has 1 saturated heterocycles. The van der Waals surface area contributed by atoms with Crippen LogP contribution in [0.4, 0.5) is 5.82 Å². The van der Waals surface area contributed by atoms with Crippen molar-refractivity contribution in [2.24, 2.45) is 0 Å². The van der Waals surface area contributed by atoms with Crippen LogP contribution in [0, 0.1) is 6.92 Å². The Kier molecular flexibility index (Phi) is 6.12. The van der Waals surface area contributed by atoms with Gasteiger partial charge >= 0.3 is 0 Å². The molecule has 1 aliphatic rings. The highest BCUT2D eigenvalue weighted by Gasteiger charge is 2.21. The van der Waals surface area contributed by atoms with Crippen molar-refractivity contribution >= 4 is 16.7 Å². The number of fused-ring (bicyclic) bond motifs is 1. The maximum Gasteiger partial charge on any atom is 0.133 e. The number of anilines is 1. The van der Waals surface area contributed by atoms with Crippen LogP contribution in [0.1, 0.15) is 42.4 Å². The normalized spacial score (nSPS) is 16.3. The highest BCUT2D eigenvalue weighted by molar-refractivity contribution is 5.82. The smallest absolute Gasteiger partial charge is 0.133 e. The minimum atomic E-state index is -0.178. The molecule has 29 heavy (non-hydrogen) atoms. The van der Waals surface area contributed by atoms with E-state index in [1.807, 2.05) is 0 Å². The summed E-state index contributed by atoms with van der Waals surface area (Å²) in [5, 5.41) is 14.7. The topological polar surface area (TPSA) is 48.4 Å². The molecule has 4 nitrogen and oxygen atoms in total. The molecule has 2 N–H and O–H groups in total. The summed E-state index contributed by atoms with van der Waals surface area (Å²) in [5.74, 6) is 1.52. The summed E-state index contributed by atoms with van der Waals surface area (Å²) >= 11 is 0. The van der Waals surface area contributed by atoms with Gasteiger partial charge in [-0.05, 0) is 48.9 Å². The fraction of sp³-hybridized carbons (Fsp3) is 0.400. The largest absolute Gasteiger partial charge is 0.393 e. The number of aliphatic hydroxyl groups excluding tert-OH is 1. The molecular weight excluding hydrogens is 358 g/mol. The first-order valence-electron chi connectivity index (χ1n) is 10.7. The number of hydrogen-bond acceptors (Lipinski definition) is 4. The number of aryl methyl sites for hydroxylation is 1. The quantitative estimate of drug-likeness (QED) is 0.656. The molecule has 0 unspecified atom stereocenters. The summed E-state index contributed by atoms with van der Waals surface area (Å²) in [4.78, 5) is 7.38. The second-order valence-electron chi connectivity index (χ2n) is 8.33. The summed E-state index contributed by atoms with van der Waals surface area (Å²) in [7, 11) is 0. The number of nitrogens with zero attached hydrogens (tertiary/aromatic N) is 2. The monoisotopic (exact) mass is 389 g/mol. The Morgan fingerprint density at radius 2 is 1.86 bits per heavy atom. The maximum atomic E-state index is 9.90. The maximum absolute atomic E-state index is 9.90. The van der Waals surface area contributed by atoms with Crippen LogP contribution in [0.5, 0.6) is 0 Å². The van der Waals surface area contributed by atoms with Gasteiger partial charge in [0, 0.05) is 37.1 Å². The van der Waals surface area contributed by atoms with E-state index in [0.717, 1.165) is 50.4 Å². The molecule has 0 radical (unpaired) electrons. The Bertz CT molecular complexity index is 949. The lowest BCUT2D eigenvalue weighted by Crippen LogP contribution is -2.37. The predicted octanol–water partition coefficient (Wildman–Crippen LogP) is 4.40. The number of pyridine rings is 1. The lowest BCUT2D eigenvalue weighted by Gasteiger charge is -2.32. The Balaban J connectivity index is 1.54. The lowest BCUT2D eigenvalue weighted by atomic mass is 10.0. The van der Waals surface area contributed by atoms with Gasteiger partial charge in [-0.3, -0.25) is 0 Å². The molecule has 4 heteroatoms. The molecule has 0 saturated carbocycles. The molecule has 0 spiro atoms. The van der Waals surface area contributed by atoms with Crippen molar-refractivity contribution in [1.29, 1.82) is 0 Å². The van der Waals surface area contributed by atoms with E-state index in [1.165, 1.54) is 22.1 Å². The van der Waals surface area contributed by atoms with Gasteiger partial charge in [0.2, 0.25) is 0 Å². The average molecular weight is 390 g/mol. The number of benzene rings is 2. The van der Waals surface area contributed by atoms with Gasteiger partial charge in [-0.2, -0.15) is 0 Å². The molecule has 1 aromatic heterocycles. The number of piperidine rings is 1. The molecule has 4 rings (SSSR count). The minimum Gasteiger partial charge on any atom is -0.393 e. The molecule has 2 heterocycles. The van der Waals surface area contributed by atoms with Crippen LogP contribution in [0.15, 0.2) is 54.6 Å². The van der Waals surface area contributed by atoms with E-state index in [9.17, 15) is 5.11 Å². The lowest BCUT2D eigenvalue weighted by molar-refractivity contribution is 0.145. The highest BCUT2D eigenvalue weighted by atomic mass is 16.3. The standard InChI is InChI=1S/C25H31N3O/c1-18-8-9-21-15-22(17-26-16-19(2)20-6-4-3-5-7-20)25(27-24(21)14-18)28-12-10-23(29)11-13-28/h3-9,14-15,19,23,26,29H,10-13,16-17H2,1-2H3/t19-/m0/s1. The molecule has 2 aromatic carbocycles. The van der Waals surface area contributed by atoms with Crippen LogP contribution in [-0.2, 0) is 6.54 Å². The zero-order valence-corrected chi connectivity index (χ0v) is 17.4. The first-order valence-corrected chi connectivity index (χ1v) is 10.7. The molecule has 0 aliphatic carbocycles. The van der Waals surface area contributed by atoms with Crippen LogP contribution in [0.3, 0.4) is 0 Å². The van der Waals surface area contributed by atoms with Crippen LogP contribution in [0.25, 0.3) is 10.9 Å². The van der Waals surface area contributed by atoms with Crippen molar-refractivity contribution in [3.63, 3.8) is 0 Å². The van der Waals surface area contributed by atoms with Crippen molar-refractivity contribution in [3.05, 3.63) is 71.3 Å². The van der Waals surface area contributed by atoms with Crippen LogP contribution >= 0.6 is 0 Å². The van der Waals surface area contributed by atoms with Crippen molar-refractivity contribution < 1.29 is 5.11 Å². The summed E-state index contributed by atoms with van der Waals surface area (Å²) in [6.07, 6.45) is 1.44. The van der Waals surface area contributed by atoms with Gasteiger partial charge in [0.1, 0.15) is 5.82 Å². The zero-order valence-electron chi connectivity index (χ0n) is 17.4. The van der Waals surface area contributed by atoms with E-state index in [4.69, 9.17) is 4.98 Å². The average Bonchev–Trinajstić information content (AvgIpc) is 2.74. The third kappa shape index (κ3) is 4.77. The Hall–Kier alpha value is -2.43. The van der Waals surface area contributed by atoms with Gasteiger partial charge in [-0.25, -0.2) is 4.98 Å².